The molecule has 0 bridgehead atoms. The standard InChI is InChI=1S/C20H25N3O/c1-2-24-20-10-8-18(9-11-20)16-21-23-14-12-22(13-15-23)17-19-6-4-3-5-7-19/h3-11,16H,2,12-15,17H2,1H3/b21-16-. The molecule has 0 unspecified atom stereocenters. The van der Waals surface area contributed by atoms with Gasteiger partial charge in [-0.05, 0) is 42.3 Å². The van der Waals surface area contributed by atoms with E-state index in [4.69, 9.17) is 4.74 Å². The summed E-state index contributed by atoms with van der Waals surface area (Å²) in [5.74, 6) is 0.907. The Balaban J connectivity index is 1.46. The van der Waals surface area contributed by atoms with Crippen molar-refractivity contribution in [3.8, 4) is 5.75 Å². The molecule has 0 aromatic heterocycles. The fourth-order valence-electron chi connectivity index (χ4n) is 2.82. The second kappa shape index (κ2) is 8.50. The molecule has 1 aliphatic rings. The first kappa shape index (κ1) is 16.5. The molecule has 3 rings (SSSR count). The molecule has 0 aliphatic carbocycles. The van der Waals surface area contributed by atoms with Crippen molar-refractivity contribution in [2.75, 3.05) is 32.8 Å². The van der Waals surface area contributed by atoms with E-state index in [2.05, 4.69) is 45.3 Å². The van der Waals surface area contributed by atoms with Crippen LogP contribution < -0.4 is 4.74 Å². The molecule has 0 amide bonds. The third kappa shape index (κ3) is 4.83. The number of benzene rings is 2. The van der Waals surface area contributed by atoms with Crippen LogP contribution in [0.15, 0.2) is 59.7 Å². The molecule has 0 atom stereocenters. The van der Waals surface area contributed by atoms with Gasteiger partial charge in [0.2, 0.25) is 0 Å². The number of rotatable bonds is 6. The van der Waals surface area contributed by atoms with Gasteiger partial charge in [-0.1, -0.05) is 30.3 Å². The lowest BCUT2D eigenvalue weighted by molar-refractivity contribution is 0.131. The van der Waals surface area contributed by atoms with E-state index in [9.17, 15) is 0 Å². The van der Waals surface area contributed by atoms with E-state index in [-0.39, 0.29) is 0 Å². The zero-order chi connectivity index (χ0) is 16.6. The van der Waals surface area contributed by atoms with Crippen molar-refractivity contribution in [2.24, 2.45) is 5.10 Å². The van der Waals surface area contributed by atoms with E-state index in [1.807, 2.05) is 37.4 Å². The number of piperazine rings is 1. The molecule has 0 N–H and O–H groups in total. The van der Waals surface area contributed by atoms with Crippen molar-refractivity contribution in [1.82, 2.24) is 9.91 Å². The Hall–Kier alpha value is -2.33. The summed E-state index contributed by atoms with van der Waals surface area (Å²) in [5.41, 5.74) is 2.48. The monoisotopic (exact) mass is 323 g/mol. The van der Waals surface area contributed by atoms with E-state index < -0.39 is 0 Å². The van der Waals surface area contributed by atoms with E-state index >= 15 is 0 Å². The maximum Gasteiger partial charge on any atom is 0.119 e. The van der Waals surface area contributed by atoms with Crippen molar-refractivity contribution >= 4 is 6.21 Å². The van der Waals surface area contributed by atoms with Crippen LogP contribution in [0, 0.1) is 0 Å². The predicted molar refractivity (Wildman–Crippen MR) is 98.5 cm³/mol. The van der Waals surface area contributed by atoms with Crippen LogP contribution in [0.1, 0.15) is 18.1 Å². The maximum atomic E-state index is 5.46. The van der Waals surface area contributed by atoms with E-state index in [0.717, 1.165) is 44.0 Å². The van der Waals surface area contributed by atoms with Gasteiger partial charge in [-0.3, -0.25) is 9.91 Å². The van der Waals surface area contributed by atoms with Crippen molar-refractivity contribution in [3.05, 3.63) is 65.7 Å². The Morgan fingerprint density at radius 2 is 1.67 bits per heavy atom. The number of nitrogens with zero attached hydrogens (tertiary/aromatic N) is 3. The first-order chi connectivity index (χ1) is 11.8. The number of hydrogen-bond acceptors (Lipinski definition) is 4. The van der Waals surface area contributed by atoms with Crippen LogP contribution in [0.3, 0.4) is 0 Å². The number of hydrogen-bond donors (Lipinski definition) is 0. The Morgan fingerprint density at radius 3 is 2.33 bits per heavy atom. The molecule has 0 saturated carbocycles. The lowest BCUT2D eigenvalue weighted by atomic mass is 10.2. The number of hydrazone groups is 1. The lowest BCUT2D eigenvalue weighted by Gasteiger charge is -2.33. The quantitative estimate of drug-likeness (QED) is 0.764. The fourth-order valence-corrected chi connectivity index (χ4v) is 2.82. The highest BCUT2D eigenvalue weighted by atomic mass is 16.5. The third-order valence-corrected chi connectivity index (χ3v) is 4.16. The fraction of sp³-hybridized carbons (Fsp3) is 0.350. The Kier molecular flexibility index (Phi) is 5.85. The van der Waals surface area contributed by atoms with Crippen molar-refractivity contribution in [2.45, 2.75) is 13.5 Å². The summed E-state index contributed by atoms with van der Waals surface area (Å²) in [7, 11) is 0. The largest absolute Gasteiger partial charge is 0.494 e. The topological polar surface area (TPSA) is 28.1 Å². The van der Waals surface area contributed by atoms with Crippen molar-refractivity contribution in [1.29, 1.82) is 0 Å². The van der Waals surface area contributed by atoms with Crippen LogP contribution in [0.5, 0.6) is 5.75 Å². The first-order valence-electron chi connectivity index (χ1n) is 8.61. The maximum absolute atomic E-state index is 5.46. The van der Waals surface area contributed by atoms with Crippen LogP contribution >= 0.6 is 0 Å². The molecule has 126 valence electrons. The molecule has 1 aliphatic heterocycles. The highest BCUT2D eigenvalue weighted by Gasteiger charge is 2.15. The SMILES string of the molecule is CCOc1ccc(/C=N\N2CCN(Cc3ccccc3)CC2)cc1. The van der Waals surface area contributed by atoms with Crippen molar-refractivity contribution in [3.63, 3.8) is 0 Å². The minimum Gasteiger partial charge on any atom is -0.494 e. The highest BCUT2D eigenvalue weighted by Crippen LogP contribution is 2.12. The predicted octanol–water partition coefficient (Wildman–Crippen LogP) is 3.24. The van der Waals surface area contributed by atoms with Gasteiger partial charge in [0.25, 0.3) is 0 Å². The molecular weight excluding hydrogens is 298 g/mol. The normalized spacial score (nSPS) is 15.8. The minimum absolute atomic E-state index is 0.695. The van der Waals surface area contributed by atoms with Gasteiger partial charge < -0.3 is 4.74 Å². The zero-order valence-corrected chi connectivity index (χ0v) is 14.3. The Bertz CT molecular complexity index is 632. The molecule has 1 fully saturated rings. The molecule has 2 aromatic carbocycles. The van der Waals surface area contributed by atoms with Crippen molar-refractivity contribution < 1.29 is 4.74 Å². The summed E-state index contributed by atoms with van der Waals surface area (Å²) in [4.78, 5) is 2.48. The van der Waals surface area contributed by atoms with Gasteiger partial charge in [-0.2, -0.15) is 5.10 Å². The highest BCUT2D eigenvalue weighted by molar-refractivity contribution is 5.79. The summed E-state index contributed by atoms with van der Waals surface area (Å²) in [5, 5.41) is 6.76. The summed E-state index contributed by atoms with van der Waals surface area (Å²) in [6.45, 7) is 7.76. The summed E-state index contributed by atoms with van der Waals surface area (Å²) >= 11 is 0. The molecule has 1 heterocycles. The molecule has 4 heteroatoms. The molecule has 0 spiro atoms. The van der Waals surface area contributed by atoms with E-state index in [1.165, 1.54) is 5.56 Å². The van der Waals surface area contributed by atoms with Gasteiger partial charge in [-0.25, -0.2) is 0 Å². The summed E-state index contributed by atoms with van der Waals surface area (Å²) in [6, 6.07) is 18.7. The molecule has 4 nitrogen and oxygen atoms in total. The second-order valence-electron chi connectivity index (χ2n) is 5.96. The average Bonchev–Trinajstić information content (AvgIpc) is 2.63. The summed E-state index contributed by atoms with van der Waals surface area (Å²) < 4.78 is 5.46. The first-order valence-corrected chi connectivity index (χ1v) is 8.61. The average molecular weight is 323 g/mol. The number of ether oxygens (including phenoxy) is 1. The van der Waals surface area contributed by atoms with Crippen LogP contribution in [-0.2, 0) is 6.54 Å². The second-order valence-corrected chi connectivity index (χ2v) is 5.96. The van der Waals surface area contributed by atoms with Gasteiger partial charge in [0.05, 0.1) is 12.8 Å². The molecule has 24 heavy (non-hydrogen) atoms. The van der Waals surface area contributed by atoms with Gasteiger partial charge >= 0.3 is 0 Å². The zero-order valence-electron chi connectivity index (χ0n) is 14.3. The third-order valence-electron chi connectivity index (χ3n) is 4.16. The molecule has 0 radical (unpaired) electrons. The van der Waals surface area contributed by atoms with E-state index in [0.29, 0.717) is 6.61 Å². The van der Waals surface area contributed by atoms with Gasteiger partial charge in [0, 0.05) is 32.7 Å². The van der Waals surface area contributed by atoms with Crippen LogP contribution in [-0.4, -0.2) is 48.9 Å². The molecule has 1 saturated heterocycles. The molecular formula is C20H25N3O. The van der Waals surface area contributed by atoms with Gasteiger partial charge in [0.1, 0.15) is 5.75 Å². The van der Waals surface area contributed by atoms with Crippen LogP contribution in [0.4, 0.5) is 0 Å². The smallest absolute Gasteiger partial charge is 0.119 e. The molecule has 2 aromatic rings. The van der Waals surface area contributed by atoms with Crippen LogP contribution in [0.2, 0.25) is 0 Å². The van der Waals surface area contributed by atoms with Gasteiger partial charge in [-0.15, -0.1) is 0 Å². The Labute approximate surface area is 144 Å². The van der Waals surface area contributed by atoms with Gasteiger partial charge in [0.15, 0.2) is 0 Å². The van der Waals surface area contributed by atoms with E-state index in [1.54, 1.807) is 0 Å². The Morgan fingerprint density at radius 1 is 0.958 bits per heavy atom. The summed E-state index contributed by atoms with van der Waals surface area (Å²) in [6.07, 6.45) is 1.93. The minimum atomic E-state index is 0.695. The lowest BCUT2D eigenvalue weighted by Crippen LogP contribution is -2.43. The van der Waals surface area contributed by atoms with Crippen LogP contribution in [0.25, 0.3) is 0 Å².